The number of piperidine rings is 1. The number of fused-ring (bicyclic) bond motifs is 2. The third-order valence-corrected chi connectivity index (χ3v) is 16.4. The van der Waals surface area contributed by atoms with E-state index < -0.39 is 20.0 Å². The van der Waals surface area contributed by atoms with Gasteiger partial charge in [-0.3, -0.25) is 19.0 Å². The second-order valence-corrected chi connectivity index (χ2v) is 23.7. The number of sulfonamides is 2. The maximum Gasteiger partial charge on any atom is 0.263 e. The Hall–Kier alpha value is -7.86. The smallest absolute Gasteiger partial charge is 0.263 e. The first-order valence-electron chi connectivity index (χ1n) is 26.8. The number of rotatable bonds is 23. The van der Waals surface area contributed by atoms with Crippen LogP contribution in [-0.4, -0.2) is 126 Å². The van der Waals surface area contributed by atoms with Gasteiger partial charge in [-0.25, -0.2) is 36.8 Å². The molecule has 1 atom stereocenters. The molecule has 83 heavy (non-hydrogen) atoms. The minimum Gasteiger partial charge on any atom is -0.497 e. The summed E-state index contributed by atoms with van der Waals surface area (Å²) < 4.78 is 75.5. The quantitative estimate of drug-likeness (QED) is 0.0374. The van der Waals surface area contributed by atoms with Crippen molar-refractivity contribution in [1.29, 1.82) is 0 Å². The Morgan fingerprint density at radius 3 is 1.59 bits per heavy atom. The molecule has 1 saturated heterocycles. The largest absolute Gasteiger partial charge is 0.497 e. The van der Waals surface area contributed by atoms with Crippen LogP contribution in [0.25, 0.3) is 22.1 Å². The van der Waals surface area contributed by atoms with Crippen LogP contribution >= 0.6 is 23.2 Å². The van der Waals surface area contributed by atoms with Crippen molar-refractivity contribution in [3.8, 4) is 11.5 Å². The fourth-order valence-corrected chi connectivity index (χ4v) is 11.3. The summed E-state index contributed by atoms with van der Waals surface area (Å²) in [5.41, 5.74) is 3.53. The monoisotopic (exact) mass is 1210 g/mol. The number of halogens is 2. The van der Waals surface area contributed by atoms with Crippen molar-refractivity contribution in [2.75, 3.05) is 81.2 Å². The van der Waals surface area contributed by atoms with Crippen LogP contribution in [0.15, 0.2) is 143 Å². The molecule has 24 heteroatoms. The average Bonchev–Trinajstić information content (AvgIpc) is 3.68. The lowest BCUT2D eigenvalue weighted by Crippen LogP contribution is -2.48. The molecule has 0 aliphatic carbocycles. The number of benzene rings is 6. The Kier molecular flexibility index (Phi) is 21.0. The first-order chi connectivity index (χ1) is 39.9. The molecule has 20 nitrogen and oxygen atoms in total. The van der Waals surface area contributed by atoms with Crippen LogP contribution in [0.2, 0.25) is 10.0 Å². The van der Waals surface area contributed by atoms with E-state index in [1.807, 2.05) is 25.1 Å². The number of hydrogen-bond acceptors (Lipinski definition) is 16. The van der Waals surface area contributed by atoms with Crippen molar-refractivity contribution >= 4 is 112 Å². The van der Waals surface area contributed by atoms with Crippen molar-refractivity contribution in [2.45, 2.75) is 61.3 Å². The summed E-state index contributed by atoms with van der Waals surface area (Å²) in [6, 6.07) is 36.2. The zero-order valence-corrected chi connectivity index (χ0v) is 49.6. The fraction of sp³-hybridized carbons (Fsp3) is 0.288. The molecule has 6 aromatic carbocycles. The van der Waals surface area contributed by atoms with Crippen molar-refractivity contribution in [3.63, 3.8) is 0 Å². The number of likely N-dealkylation sites (N-methyl/N-ethyl adjacent to an activating group) is 1. The van der Waals surface area contributed by atoms with E-state index in [1.54, 1.807) is 97.1 Å². The number of hydrogen-bond donors (Lipinski definition) is 5. The molecule has 1 aliphatic rings. The van der Waals surface area contributed by atoms with E-state index in [0.717, 1.165) is 38.6 Å². The fourth-order valence-electron chi connectivity index (χ4n) is 8.87. The molecule has 1 aliphatic heterocycles. The first kappa shape index (κ1) is 61.2. The van der Waals surface area contributed by atoms with Gasteiger partial charge in [-0.05, 0) is 131 Å². The molecular weight excluding hydrogens is 1140 g/mol. The zero-order valence-electron chi connectivity index (χ0n) is 46.5. The molecule has 9 rings (SSSR count). The van der Waals surface area contributed by atoms with Crippen LogP contribution < -0.4 is 34.9 Å². The van der Waals surface area contributed by atoms with Gasteiger partial charge in [0.05, 0.1) is 67.5 Å². The highest BCUT2D eigenvalue weighted by Crippen LogP contribution is 2.35. The Labute approximate surface area is 493 Å². The predicted molar refractivity (Wildman–Crippen MR) is 326 cm³/mol. The molecule has 2 amide bonds. The number of ether oxygens (including phenoxy) is 3. The lowest BCUT2D eigenvalue weighted by Gasteiger charge is -2.37. The second-order valence-electron chi connectivity index (χ2n) is 19.5. The van der Waals surface area contributed by atoms with Gasteiger partial charge in [0.15, 0.2) is 23.3 Å². The second kappa shape index (κ2) is 28.4. The highest BCUT2D eigenvalue weighted by Gasteiger charge is 2.29. The molecule has 436 valence electrons. The van der Waals surface area contributed by atoms with Crippen molar-refractivity contribution in [1.82, 2.24) is 35.1 Å². The number of carbonyl (C=O) groups is 2. The van der Waals surface area contributed by atoms with Crippen molar-refractivity contribution in [2.24, 2.45) is 0 Å². The van der Waals surface area contributed by atoms with Crippen LogP contribution in [0.5, 0.6) is 11.5 Å². The summed E-state index contributed by atoms with van der Waals surface area (Å²) in [5.74, 6) is 0.770. The number of aromatic nitrogens is 4. The van der Waals surface area contributed by atoms with Gasteiger partial charge in [0.25, 0.3) is 31.9 Å². The van der Waals surface area contributed by atoms with Crippen molar-refractivity contribution in [3.05, 3.63) is 155 Å². The van der Waals surface area contributed by atoms with Gasteiger partial charge in [0, 0.05) is 62.1 Å². The average molecular weight is 1210 g/mol. The Bertz CT molecular complexity index is 3820. The Morgan fingerprint density at radius 1 is 0.614 bits per heavy atom. The zero-order chi connectivity index (χ0) is 59.1. The normalized spacial score (nSPS) is 13.4. The molecule has 0 saturated carbocycles. The molecule has 3 heterocycles. The lowest BCUT2D eigenvalue weighted by atomic mass is 10.0. The summed E-state index contributed by atoms with van der Waals surface area (Å²) in [6.45, 7) is 5.14. The van der Waals surface area contributed by atoms with Crippen LogP contribution in [0, 0.1) is 0 Å². The van der Waals surface area contributed by atoms with E-state index >= 15 is 0 Å². The van der Waals surface area contributed by atoms with Crippen LogP contribution in [-0.2, 0) is 24.8 Å². The van der Waals surface area contributed by atoms with Crippen LogP contribution in [0.3, 0.4) is 0 Å². The van der Waals surface area contributed by atoms with Gasteiger partial charge in [0.1, 0.15) is 11.5 Å². The van der Waals surface area contributed by atoms with E-state index in [9.17, 15) is 26.4 Å². The molecule has 1 fully saturated rings. The molecular formula is C59H65Cl2N11O9S2. The molecule has 1 unspecified atom stereocenters. The maximum absolute atomic E-state index is 13.7. The summed E-state index contributed by atoms with van der Waals surface area (Å²) in [4.78, 5) is 48.3. The third kappa shape index (κ3) is 16.2. The molecule has 5 N–H and O–H groups in total. The summed E-state index contributed by atoms with van der Waals surface area (Å²) in [6.07, 6.45) is 5.61. The topological polar surface area (TPSA) is 248 Å². The standard InChI is InChI=1S/C30H33ClN6O4S.C29H32ClN5O5S/c1-36(2)19-21-10-6-7-16-37(21)30(38)20-9-8-11-23(17-20)42(39,40)35-29-28(32-25-12-4-5-13-26(25)33-29)34-27-18-22(41-3)14-15-24(27)31;1-3-4-16-40-17-8-15-31-29(36)20-9-7-10-22(18-20)41(37,38)35-28-27(32-24-11-5-6-12-25(24)33-28)34-26-19-21(39-2)13-14-23(26)30/h4-5,8-9,11-15,17-18,21H,6-7,10,16,19H2,1-3H3,(H,32,34)(H,33,35);5-7,9-14,18-19H,3-4,8,15-17H2,1-2H3,(H,31,36)(H,32,34)(H,33,35). The molecule has 0 radical (unpaired) electrons. The van der Waals surface area contributed by atoms with Gasteiger partial charge < -0.3 is 40.0 Å². The summed E-state index contributed by atoms with van der Waals surface area (Å²) in [5, 5.41) is 9.73. The molecule has 0 bridgehead atoms. The van der Waals surface area contributed by atoms with E-state index in [1.165, 1.54) is 44.6 Å². The predicted octanol–water partition coefficient (Wildman–Crippen LogP) is 11.2. The number of carbonyl (C=O) groups excluding carboxylic acids is 2. The third-order valence-electron chi connectivity index (χ3n) is 13.1. The highest BCUT2D eigenvalue weighted by atomic mass is 35.5. The van der Waals surface area contributed by atoms with E-state index in [2.05, 4.69) is 57.2 Å². The molecule has 2 aromatic heterocycles. The molecule has 8 aromatic rings. The van der Waals surface area contributed by atoms with Gasteiger partial charge in [-0.1, -0.05) is 72.9 Å². The number of nitrogens with zero attached hydrogens (tertiary/aromatic N) is 6. The minimum atomic E-state index is -4.17. The van der Waals surface area contributed by atoms with E-state index in [4.69, 9.17) is 37.4 Å². The lowest BCUT2D eigenvalue weighted by molar-refractivity contribution is 0.0574. The minimum absolute atomic E-state index is 0.0219. The van der Waals surface area contributed by atoms with E-state index in [0.29, 0.717) is 93.3 Å². The Morgan fingerprint density at radius 2 is 1.10 bits per heavy atom. The first-order valence-corrected chi connectivity index (χ1v) is 30.5. The number of amides is 2. The number of unbranched alkanes of at least 4 members (excludes halogenated alkanes) is 1. The number of likely N-dealkylation sites (tertiary alicyclic amines) is 1. The Balaban J connectivity index is 0.000000217. The number of anilines is 6. The van der Waals surface area contributed by atoms with Gasteiger partial charge in [0.2, 0.25) is 0 Å². The van der Waals surface area contributed by atoms with Gasteiger partial charge in [-0.15, -0.1) is 0 Å². The van der Waals surface area contributed by atoms with Crippen LogP contribution in [0.4, 0.5) is 34.6 Å². The summed E-state index contributed by atoms with van der Waals surface area (Å²) >= 11 is 12.8. The van der Waals surface area contributed by atoms with Gasteiger partial charge in [-0.2, -0.15) is 0 Å². The SMILES string of the molecule is CCCCOCCCNC(=O)c1cccc(S(=O)(=O)Nc2nc3ccccc3nc2Nc2cc(OC)ccc2Cl)c1.COc1ccc(Cl)c(Nc2nc3ccccc3nc2NS(=O)(=O)c2cccc(C(=O)N3CCCCC3CN(C)C)c2)c1. The number of para-hydroxylation sites is 4. The summed E-state index contributed by atoms with van der Waals surface area (Å²) in [7, 11) is -1.30. The molecule has 0 spiro atoms. The maximum atomic E-state index is 13.7. The van der Waals surface area contributed by atoms with Gasteiger partial charge >= 0.3 is 0 Å². The van der Waals surface area contributed by atoms with E-state index in [-0.39, 0.29) is 56.5 Å². The van der Waals surface area contributed by atoms with Crippen molar-refractivity contribution < 1.29 is 40.6 Å². The number of methoxy groups -OCH3 is 2. The number of nitrogens with one attached hydrogen (secondary N) is 5. The van der Waals surface area contributed by atoms with Crippen LogP contribution in [0.1, 0.15) is 66.2 Å². The highest BCUT2D eigenvalue weighted by molar-refractivity contribution is 7.93.